The van der Waals surface area contributed by atoms with Crippen LogP contribution in [0.1, 0.15) is 19.8 Å². The molecule has 2 fully saturated rings. The van der Waals surface area contributed by atoms with Gasteiger partial charge in [0.05, 0.1) is 26.0 Å². The van der Waals surface area contributed by atoms with E-state index in [1.807, 2.05) is 31.2 Å². The van der Waals surface area contributed by atoms with E-state index in [0.717, 1.165) is 37.4 Å². The van der Waals surface area contributed by atoms with E-state index >= 15 is 0 Å². The van der Waals surface area contributed by atoms with Gasteiger partial charge in [0.2, 0.25) is 5.95 Å². The van der Waals surface area contributed by atoms with Crippen molar-refractivity contribution in [2.45, 2.75) is 25.6 Å². The fourth-order valence-electron chi connectivity index (χ4n) is 3.27. The second-order valence-electron chi connectivity index (χ2n) is 6.32. The third kappa shape index (κ3) is 3.71. The van der Waals surface area contributed by atoms with Gasteiger partial charge < -0.3 is 24.4 Å². The summed E-state index contributed by atoms with van der Waals surface area (Å²) < 4.78 is 17.0. The molecule has 3 heterocycles. The molecular weight excluding hydrogens is 334 g/mol. The van der Waals surface area contributed by atoms with Crippen molar-refractivity contribution < 1.29 is 14.2 Å². The van der Waals surface area contributed by atoms with E-state index in [-0.39, 0.29) is 0 Å². The van der Waals surface area contributed by atoms with Gasteiger partial charge in [0.1, 0.15) is 5.75 Å². The lowest BCUT2D eigenvalue weighted by Crippen LogP contribution is -2.45. The molecule has 1 aromatic heterocycles. The molecule has 2 aliphatic rings. The monoisotopic (exact) mass is 357 g/mol. The largest absolute Gasteiger partial charge is 0.494 e. The lowest BCUT2D eigenvalue weighted by Gasteiger charge is -2.37. The van der Waals surface area contributed by atoms with E-state index in [4.69, 9.17) is 14.2 Å². The van der Waals surface area contributed by atoms with Crippen LogP contribution in [0.5, 0.6) is 5.75 Å². The number of piperidine rings is 1. The molecule has 138 valence electrons. The molecule has 2 aromatic rings. The Hall–Kier alpha value is -2.45. The third-order valence-corrected chi connectivity index (χ3v) is 4.61. The number of aromatic nitrogens is 3. The highest BCUT2D eigenvalue weighted by atomic mass is 16.7. The summed E-state index contributed by atoms with van der Waals surface area (Å²) in [6.45, 7) is 5.55. The van der Waals surface area contributed by atoms with Crippen LogP contribution in [0.25, 0.3) is 0 Å². The summed E-state index contributed by atoms with van der Waals surface area (Å²) in [5.74, 6) is 1.72. The van der Waals surface area contributed by atoms with Gasteiger partial charge in [0.25, 0.3) is 0 Å². The van der Waals surface area contributed by atoms with E-state index in [2.05, 4.69) is 25.4 Å². The maximum absolute atomic E-state index is 5.77. The minimum Gasteiger partial charge on any atom is -0.494 e. The molecule has 26 heavy (non-hydrogen) atoms. The molecule has 0 bridgehead atoms. The molecule has 1 N–H and O–H groups in total. The Bertz CT molecular complexity index is 724. The number of benzene rings is 1. The Balaban J connectivity index is 1.40. The van der Waals surface area contributed by atoms with Crippen molar-refractivity contribution in [3.63, 3.8) is 0 Å². The maximum Gasteiger partial charge on any atom is 0.247 e. The zero-order valence-corrected chi connectivity index (χ0v) is 14.9. The smallest absolute Gasteiger partial charge is 0.247 e. The average molecular weight is 357 g/mol. The maximum atomic E-state index is 5.77. The van der Waals surface area contributed by atoms with Gasteiger partial charge in [-0.15, -0.1) is 5.10 Å². The molecular formula is C18H23N5O3. The molecule has 8 nitrogen and oxygen atoms in total. The summed E-state index contributed by atoms with van der Waals surface area (Å²) in [5, 5.41) is 11.5. The fraction of sp³-hybridized carbons (Fsp3) is 0.500. The van der Waals surface area contributed by atoms with Gasteiger partial charge in [-0.1, -0.05) is 0 Å². The number of anilines is 3. The topological polar surface area (TPSA) is 81.6 Å². The normalized spacial score (nSPS) is 18.9. The molecule has 2 saturated heterocycles. The summed E-state index contributed by atoms with van der Waals surface area (Å²) >= 11 is 0. The van der Waals surface area contributed by atoms with Crippen LogP contribution in [0.2, 0.25) is 0 Å². The number of rotatable bonds is 5. The fourth-order valence-corrected chi connectivity index (χ4v) is 3.27. The number of hydrogen-bond acceptors (Lipinski definition) is 8. The van der Waals surface area contributed by atoms with Crippen LogP contribution in [0, 0.1) is 0 Å². The predicted molar refractivity (Wildman–Crippen MR) is 96.8 cm³/mol. The first-order chi connectivity index (χ1) is 12.8. The lowest BCUT2D eigenvalue weighted by molar-refractivity contribution is -0.169. The first-order valence-corrected chi connectivity index (χ1v) is 8.99. The molecule has 0 unspecified atom stereocenters. The molecule has 2 aliphatic heterocycles. The van der Waals surface area contributed by atoms with E-state index in [0.29, 0.717) is 31.6 Å². The minimum atomic E-state index is -0.401. The summed E-state index contributed by atoms with van der Waals surface area (Å²) in [6, 6.07) is 7.75. The molecule has 1 spiro atoms. The van der Waals surface area contributed by atoms with E-state index < -0.39 is 5.79 Å². The van der Waals surface area contributed by atoms with Gasteiger partial charge in [-0.2, -0.15) is 10.1 Å². The van der Waals surface area contributed by atoms with Gasteiger partial charge in [0.15, 0.2) is 11.6 Å². The SMILES string of the molecule is CCOc1ccc(Nc2cnnc(N3CCC4(CC3)OCCO4)n2)cc1. The molecule has 8 heteroatoms. The van der Waals surface area contributed by atoms with Crippen molar-refractivity contribution in [1.29, 1.82) is 0 Å². The van der Waals surface area contributed by atoms with Gasteiger partial charge in [-0.05, 0) is 31.2 Å². The lowest BCUT2D eigenvalue weighted by atomic mass is 10.0. The zero-order valence-electron chi connectivity index (χ0n) is 14.9. The van der Waals surface area contributed by atoms with Crippen LogP contribution < -0.4 is 15.0 Å². The number of nitrogens with one attached hydrogen (secondary N) is 1. The van der Waals surface area contributed by atoms with Crippen LogP contribution in [0.4, 0.5) is 17.5 Å². The van der Waals surface area contributed by atoms with Crippen LogP contribution in [0.15, 0.2) is 30.5 Å². The number of ether oxygens (including phenoxy) is 3. The Labute approximate surface area is 152 Å². The van der Waals surface area contributed by atoms with E-state index in [9.17, 15) is 0 Å². The predicted octanol–water partition coefficient (Wildman–Crippen LogP) is 2.36. The Morgan fingerprint density at radius 2 is 1.88 bits per heavy atom. The van der Waals surface area contributed by atoms with Crippen LogP contribution in [-0.2, 0) is 9.47 Å². The highest BCUT2D eigenvalue weighted by Crippen LogP contribution is 2.32. The van der Waals surface area contributed by atoms with Crippen LogP contribution in [0.3, 0.4) is 0 Å². The molecule has 0 radical (unpaired) electrons. The summed E-state index contributed by atoms with van der Waals surface area (Å²) in [5.41, 5.74) is 0.922. The van der Waals surface area contributed by atoms with Crippen LogP contribution in [-0.4, -0.2) is 53.9 Å². The van der Waals surface area contributed by atoms with Gasteiger partial charge in [-0.3, -0.25) is 0 Å². The van der Waals surface area contributed by atoms with Crippen molar-refractivity contribution in [3.05, 3.63) is 30.5 Å². The standard InChI is InChI=1S/C18H23N5O3/c1-2-24-15-5-3-14(4-6-15)20-16-13-19-22-17(21-16)23-9-7-18(8-10-23)25-11-12-26-18/h3-6,13H,2,7-12H2,1H3,(H,20,21,22). The van der Waals surface area contributed by atoms with Crippen LogP contribution >= 0.6 is 0 Å². The number of hydrogen-bond donors (Lipinski definition) is 1. The number of nitrogens with zero attached hydrogens (tertiary/aromatic N) is 4. The Kier molecular flexibility index (Phi) is 4.85. The summed E-state index contributed by atoms with van der Waals surface area (Å²) in [7, 11) is 0. The molecule has 0 saturated carbocycles. The second-order valence-corrected chi connectivity index (χ2v) is 6.32. The molecule has 0 amide bonds. The second kappa shape index (κ2) is 7.43. The molecule has 0 atom stereocenters. The quantitative estimate of drug-likeness (QED) is 0.873. The third-order valence-electron chi connectivity index (χ3n) is 4.61. The first kappa shape index (κ1) is 17.0. The summed E-state index contributed by atoms with van der Waals surface area (Å²) in [6.07, 6.45) is 3.24. The molecule has 1 aromatic carbocycles. The van der Waals surface area contributed by atoms with Crippen molar-refractivity contribution in [2.24, 2.45) is 0 Å². The average Bonchev–Trinajstić information content (AvgIpc) is 3.12. The van der Waals surface area contributed by atoms with Crippen molar-refractivity contribution in [2.75, 3.05) is 43.1 Å². The van der Waals surface area contributed by atoms with Gasteiger partial charge in [-0.25, -0.2) is 0 Å². The highest BCUT2D eigenvalue weighted by Gasteiger charge is 2.40. The summed E-state index contributed by atoms with van der Waals surface area (Å²) in [4.78, 5) is 6.71. The zero-order chi connectivity index (χ0) is 17.8. The van der Waals surface area contributed by atoms with E-state index in [1.54, 1.807) is 6.20 Å². The Morgan fingerprint density at radius 1 is 1.15 bits per heavy atom. The first-order valence-electron chi connectivity index (χ1n) is 8.99. The van der Waals surface area contributed by atoms with Gasteiger partial charge >= 0.3 is 0 Å². The van der Waals surface area contributed by atoms with Crippen molar-refractivity contribution >= 4 is 17.5 Å². The van der Waals surface area contributed by atoms with Crippen molar-refractivity contribution in [3.8, 4) is 5.75 Å². The van der Waals surface area contributed by atoms with E-state index in [1.165, 1.54) is 0 Å². The van der Waals surface area contributed by atoms with Crippen molar-refractivity contribution in [1.82, 2.24) is 15.2 Å². The highest BCUT2D eigenvalue weighted by molar-refractivity contribution is 5.57. The molecule has 0 aliphatic carbocycles. The van der Waals surface area contributed by atoms with Gasteiger partial charge in [0, 0.05) is 31.6 Å². The Morgan fingerprint density at radius 3 is 2.58 bits per heavy atom. The molecule has 4 rings (SSSR count). The minimum absolute atomic E-state index is 0.401.